The van der Waals surface area contributed by atoms with Gasteiger partial charge in [-0.1, -0.05) is 11.6 Å². The van der Waals surface area contributed by atoms with Crippen molar-refractivity contribution >= 4 is 23.4 Å². The van der Waals surface area contributed by atoms with Gasteiger partial charge >= 0.3 is 0 Å². The van der Waals surface area contributed by atoms with E-state index in [1.807, 2.05) is 11.8 Å². The molecule has 0 bridgehead atoms. The van der Waals surface area contributed by atoms with Crippen LogP contribution in [-0.2, 0) is 6.42 Å². The number of hydrogen-bond acceptors (Lipinski definition) is 3. The molecule has 0 aromatic heterocycles. The minimum Gasteiger partial charge on any atom is -0.271 e. The van der Waals surface area contributed by atoms with E-state index in [9.17, 15) is 4.39 Å². The van der Waals surface area contributed by atoms with Crippen LogP contribution in [0.4, 0.5) is 4.39 Å². The van der Waals surface area contributed by atoms with Gasteiger partial charge in [-0.2, -0.15) is 11.8 Å². The van der Waals surface area contributed by atoms with Gasteiger partial charge < -0.3 is 0 Å². The van der Waals surface area contributed by atoms with Crippen molar-refractivity contribution in [2.45, 2.75) is 31.7 Å². The number of nitrogens with two attached hydrogens (primary N) is 1. The Hall–Kier alpha value is -0.290. The first-order chi connectivity index (χ1) is 9.19. The number of hydrogen-bond donors (Lipinski definition) is 2. The smallest absolute Gasteiger partial charge is 0.123 e. The molecule has 1 fully saturated rings. The molecule has 19 heavy (non-hydrogen) atoms. The Morgan fingerprint density at radius 3 is 2.84 bits per heavy atom. The maximum absolute atomic E-state index is 13.2. The van der Waals surface area contributed by atoms with Crippen LogP contribution in [0.5, 0.6) is 0 Å². The quantitative estimate of drug-likeness (QED) is 0.647. The molecule has 1 saturated heterocycles. The summed E-state index contributed by atoms with van der Waals surface area (Å²) in [5.41, 5.74) is 3.69. The third kappa shape index (κ3) is 4.63. The molecular formula is C14H20ClFN2S. The Labute approximate surface area is 123 Å². The van der Waals surface area contributed by atoms with Crippen LogP contribution in [0, 0.1) is 11.7 Å². The van der Waals surface area contributed by atoms with Crippen LogP contribution in [0.25, 0.3) is 0 Å². The van der Waals surface area contributed by atoms with Gasteiger partial charge in [-0.15, -0.1) is 0 Å². The first-order valence-electron chi connectivity index (χ1n) is 6.67. The molecular weight excluding hydrogens is 283 g/mol. The largest absolute Gasteiger partial charge is 0.271 e. The molecule has 1 atom stereocenters. The molecule has 2 rings (SSSR count). The normalized spacial score (nSPS) is 18.5. The Morgan fingerprint density at radius 1 is 1.42 bits per heavy atom. The topological polar surface area (TPSA) is 38.0 Å². The molecule has 1 unspecified atom stereocenters. The molecule has 5 heteroatoms. The second-order valence-electron chi connectivity index (χ2n) is 5.09. The highest BCUT2D eigenvalue weighted by Crippen LogP contribution is 2.28. The maximum Gasteiger partial charge on any atom is 0.123 e. The molecule has 0 radical (unpaired) electrons. The van der Waals surface area contributed by atoms with E-state index in [1.54, 1.807) is 6.07 Å². The molecule has 1 aromatic rings. The lowest BCUT2D eigenvalue weighted by atomic mass is 9.91. The van der Waals surface area contributed by atoms with E-state index in [0.717, 1.165) is 17.9 Å². The predicted molar refractivity (Wildman–Crippen MR) is 80.9 cm³/mol. The Bertz CT molecular complexity index is 410. The van der Waals surface area contributed by atoms with Gasteiger partial charge in [0.05, 0.1) is 0 Å². The molecule has 0 spiro atoms. The van der Waals surface area contributed by atoms with Crippen molar-refractivity contribution in [3.05, 3.63) is 34.6 Å². The highest BCUT2D eigenvalue weighted by atomic mass is 35.5. The third-order valence-corrected chi connectivity index (χ3v) is 5.09. The van der Waals surface area contributed by atoms with Crippen molar-refractivity contribution in [2.24, 2.45) is 11.8 Å². The van der Waals surface area contributed by atoms with E-state index in [2.05, 4.69) is 5.43 Å². The standard InChI is InChI=1S/C14H20ClFN2S/c15-14-2-1-12(16)8-11(14)9-13(18-17)7-10-3-5-19-6-4-10/h1-2,8,10,13,18H,3-7,9,17H2. The van der Waals surface area contributed by atoms with Gasteiger partial charge in [0.2, 0.25) is 0 Å². The number of halogens is 2. The van der Waals surface area contributed by atoms with Crippen molar-refractivity contribution in [1.82, 2.24) is 5.43 Å². The molecule has 2 nitrogen and oxygen atoms in total. The van der Waals surface area contributed by atoms with Crippen LogP contribution in [0.3, 0.4) is 0 Å². The molecule has 1 aromatic carbocycles. The Balaban J connectivity index is 1.95. The van der Waals surface area contributed by atoms with Crippen molar-refractivity contribution in [3.8, 4) is 0 Å². The third-order valence-electron chi connectivity index (χ3n) is 3.67. The highest BCUT2D eigenvalue weighted by Gasteiger charge is 2.19. The lowest BCUT2D eigenvalue weighted by Crippen LogP contribution is -2.38. The molecule has 1 aliphatic heterocycles. The lowest BCUT2D eigenvalue weighted by Gasteiger charge is -2.26. The van der Waals surface area contributed by atoms with E-state index < -0.39 is 0 Å². The molecule has 3 N–H and O–H groups in total. The summed E-state index contributed by atoms with van der Waals surface area (Å²) in [6.45, 7) is 0. The van der Waals surface area contributed by atoms with E-state index >= 15 is 0 Å². The maximum atomic E-state index is 13.2. The first-order valence-corrected chi connectivity index (χ1v) is 8.20. The van der Waals surface area contributed by atoms with Gasteiger partial charge in [0.1, 0.15) is 5.82 Å². The summed E-state index contributed by atoms with van der Waals surface area (Å²) in [6.07, 6.45) is 4.21. The minimum absolute atomic E-state index is 0.160. The summed E-state index contributed by atoms with van der Waals surface area (Å²) >= 11 is 8.12. The predicted octanol–water partition coefficient (Wildman–Crippen LogP) is 3.39. The van der Waals surface area contributed by atoms with E-state index in [4.69, 9.17) is 17.4 Å². The molecule has 106 valence electrons. The summed E-state index contributed by atoms with van der Waals surface area (Å²) < 4.78 is 13.2. The van der Waals surface area contributed by atoms with Crippen molar-refractivity contribution in [3.63, 3.8) is 0 Å². The molecule has 1 aliphatic rings. The van der Waals surface area contributed by atoms with Crippen LogP contribution in [0.1, 0.15) is 24.8 Å². The molecule has 0 amide bonds. The first kappa shape index (κ1) is 15.1. The fourth-order valence-electron chi connectivity index (χ4n) is 2.56. The summed E-state index contributed by atoms with van der Waals surface area (Å²) in [5.74, 6) is 8.58. The van der Waals surface area contributed by atoms with Gasteiger partial charge in [0.15, 0.2) is 0 Å². The summed E-state index contributed by atoms with van der Waals surface area (Å²) in [7, 11) is 0. The number of thioether (sulfide) groups is 1. The number of rotatable bonds is 5. The fraction of sp³-hybridized carbons (Fsp3) is 0.571. The van der Waals surface area contributed by atoms with Crippen molar-refractivity contribution in [1.29, 1.82) is 0 Å². The van der Waals surface area contributed by atoms with Crippen molar-refractivity contribution in [2.75, 3.05) is 11.5 Å². The zero-order valence-electron chi connectivity index (χ0n) is 10.9. The van der Waals surface area contributed by atoms with Gasteiger partial charge in [-0.25, -0.2) is 4.39 Å². The van der Waals surface area contributed by atoms with Crippen LogP contribution in [0.15, 0.2) is 18.2 Å². The van der Waals surface area contributed by atoms with E-state index in [0.29, 0.717) is 11.4 Å². The monoisotopic (exact) mass is 302 g/mol. The van der Waals surface area contributed by atoms with E-state index in [1.165, 1.54) is 36.5 Å². The molecule has 0 aliphatic carbocycles. The van der Waals surface area contributed by atoms with Crippen LogP contribution < -0.4 is 11.3 Å². The Morgan fingerprint density at radius 2 is 2.16 bits per heavy atom. The summed E-state index contributed by atoms with van der Waals surface area (Å²) in [6, 6.07) is 4.66. The second-order valence-corrected chi connectivity index (χ2v) is 6.73. The SMILES string of the molecule is NNC(Cc1cc(F)ccc1Cl)CC1CCSCC1. The highest BCUT2D eigenvalue weighted by molar-refractivity contribution is 7.99. The lowest BCUT2D eigenvalue weighted by molar-refractivity contribution is 0.365. The zero-order chi connectivity index (χ0) is 13.7. The van der Waals surface area contributed by atoms with E-state index in [-0.39, 0.29) is 11.9 Å². The average Bonchev–Trinajstić information content (AvgIpc) is 2.43. The molecule has 1 heterocycles. The van der Waals surface area contributed by atoms with Gasteiger partial charge in [0, 0.05) is 11.1 Å². The van der Waals surface area contributed by atoms with Gasteiger partial charge in [-0.3, -0.25) is 11.3 Å². The van der Waals surface area contributed by atoms with Crippen LogP contribution >= 0.6 is 23.4 Å². The van der Waals surface area contributed by atoms with Gasteiger partial charge in [-0.05, 0) is 66.9 Å². The Kier molecular flexibility index (Phi) is 5.95. The zero-order valence-corrected chi connectivity index (χ0v) is 12.4. The number of hydrazine groups is 1. The summed E-state index contributed by atoms with van der Waals surface area (Å²) in [5, 5.41) is 0.612. The fourth-order valence-corrected chi connectivity index (χ4v) is 3.96. The molecule has 0 saturated carbocycles. The minimum atomic E-state index is -0.246. The number of benzene rings is 1. The number of nitrogens with one attached hydrogen (secondary N) is 1. The van der Waals surface area contributed by atoms with Crippen molar-refractivity contribution < 1.29 is 4.39 Å². The second kappa shape index (κ2) is 7.48. The summed E-state index contributed by atoms with van der Waals surface area (Å²) in [4.78, 5) is 0. The van der Waals surface area contributed by atoms with Gasteiger partial charge in [0.25, 0.3) is 0 Å². The average molecular weight is 303 g/mol. The van der Waals surface area contributed by atoms with Crippen LogP contribution in [-0.4, -0.2) is 17.5 Å². The van der Waals surface area contributed by atoms with Crippen LogP contribution in [0.2, 0.25) is 5.02 Å².